The van der Waals surface area contributed by atoms with Gasteiger partial charge in [0.05, 0.1) is 24.7 Å². The average Bonchev–Trinajstić information content (AvgIpc) is 2.76. The molecule has 0 bridgehead atoms. The molecular formula is C15H13BrN2OS. The molecule has 0 saturated carbocycles. The molecule has 1 aromatic heterocycles. The van der Waals surface area contributed by atoms with Gasteiger partial charge in [0.2, 0.25) is 0 Å². The van der Waals surface area contributed by atoms with Crippen LogP contribution in [-0.2, 0) is 6.54 Å². The van der Waals surface area contributed by atoms with Crippen LogP contribution in [-0.4, -0.2) is 16.7 Å². The van der Waals surface area contributed by atoms with Gasteiger partial charge in [-0.05, 0) is 42.0 Å². The highest BCUT2D eigenvalue weighted by Crippen LogP contribution is 2.21. The number of ether oxygens (including phenoxy) is 1. The predicted molar refractivity (Wildman–Crippen MR) is 86.9 cm³/mol. The van der Waals surface area contributed by atoms with Gasteiger partial charge in [0.1, 0.15) is 5.75 Å². The number of methoxy groups -OCH3 is 1. The molecule has 5 heteroatoms. The Morgan fingerprint density at radius 1 is 1.20 bits per heavy atom. The van der Waals surface area contributed by atoms with Gasteiger partial charge >= 0.3 is 0 Å². The Balaban J connectivity index is 2.05. The average molecular weight is 349 g/mol. The molecule has 0 saturated heterocycles. The summed E-state index contributed by atoms with van der Waals surface area (Å²) in [5.41, 5.74) is 3.28. The van der Waals surface area contributed by atoms with Crippen molar-refractivity contribution in [2.75, 3.05) is 7.11 Å². The van der Waals surface area contributed by atoms with Crippen LogP contribution in [0, 0.1) is 4.77 Å². The van der Waals surface area contributed by atoms with Crippen LogP contribution >= 0.6 is 28.1 Å². The minimum atomic E-state index is 0.719. The first-order valence-corrected chi connectivity index (χ1v) is 7.38. The van der Waals surface area contributed by atoms with E-state index in [0.717, 1.165) is 32.6 Å². The van der Waals surface area contributed by atoms with Crippen LogP contribution in [0.3, 0.4) is 0 Å². The predicted octanol–water partition coefficient (Wildman–Crippen LogP) is 4.52. The first-order valence-electron chi connectivity index (χ1n) is 6.18. The molecule has 0 spiro atoms. The summed E-state index contributed by atoms with van der Waals surface area (Å²) in [4.78, 5) is 3.22. The van der Waals surface area contributed by atoms with Crippen LogP contribution in [0.5, 0.6) is 5.75 Å². The maximum Gasteiger partial charge on any atom is 0.178 e. The number of H-pyrrole nitrogens is 1. The largest absolute Gasteiger partial charge is 0.497 e. The molecular weight excluding hydrogens is 336 g/mol. The maximum atomic E-state index is 5.41. The van der Waals surface area contributed by atoms with E-state index < -0.39 is 0 Å². The number of rotatable bonds is 3. The van der Waals surface area contributed by atoms with Crippen molar-refractivity contribution in [3.05, 3.63) is 57.3 Å². The highest BCUT2D eigenvalue weighted by Gasteiger charge is 2.06. The van der Waals surface area contributed by atoms with Gasteiger partial charge in [-0.1, -0.05) is 28.1 Å². The van der Waals surface area contributed by atoms with Gasteiger partial charge in [0.25, 0.3) is 0 Å². The molecule has 0 unspecified atom stereocenters. The second-order valence-corrected chi connectivity index (χ2v) is 5.83. The molecule has 2 aromatic carbocycles. The maximum absolute atomic E-state index is 5.41. The van der Waals surface area contributed by atoms with Crippen molar-refractivity contribution in [3.8, 4) is 5.75 Å². The lowest BCUT2D eigenvalue weighted by Crippen LogP contribution is -1.99. The number of imidazole rings is 1. The number of aromatic nitrogens is 2. The monoisotopic (exact) mass is 348 g/mol. The van der Waals surface area contributed by atoms with E-state index in [4.69, 9.17) is 17.0 Å². The number of nitrogens with one attached hydrogen (secondary N) is 1. The van der Waals surface area contributed by atoms with Crippen molar-refractivity contribution >= 4 is 39.2 Å². The summed E-state index contributed by atoms with van der Waals surface area (Å²) in [6, 6.07) is 14.2. The molecule has 3 nitrogen and oxygen atoms in total. The van der Waals surface area contributed by atoms with E-state index in [9.17, 15) is 0 Å². The van der Waals surface area contributed by atoms with Crippen molar-refractivity contribution in [2.45, 2.75) is 6.54 Å². The Kier molecular flexibility index (Phi) is 3.63. The van der Waals surface area contributed by atoms with Crippen molar-refractivity contribution in [1.29, 1.82) is 0 Å². The molecule has 1 N–H and O–H groups in total. The Morgan fingerprint density at radius 2 is 1.95 bits per heavy atom. The molecule has 102 valence electrons. The number of nitrogens with zero attached hydrogens (tertiary/aromatic N) is 1. The summed E-state index contributed by atoms with van der Waals surface area (Å²) < 4.78 is 9.12. The van der Waals surface area contributed by atoms with Gasteiger partial charge in [-0.15, -0.1) is 0 Å². The van der Waals surface area contributed by atoms with E-state index in [1.54, 1.807) is 7.11 Å². The van der Waals surface area contributed by atoms with E-state index in [1.807, 2.05) is 30.3 Å². The van der Waals surface area contributed by atoms with E-state index in [-0.39, 0.29) is 0 Å². The molecule has 0 radical (unpaired) electrons. The van der Waals surface area contributed by atoms with Gasteiger partial charge in [0.15, 0.2) is 4.77 Å². The molecule has 0 aliphatic rings. The minimum absolute atomic E-state index is 0.719. The normalized spacial score (nSPS) is 10.9. The van der Waals surface area contributed by atoms with Gasteiger partial charge in [-0.2, -0.15) is 0 Å². The standard InChI is InChI=1S/C15H13BrN2OS/c1-19-12-6-7-14-13(8-12)17-15(20)18(14)9-10-2-4-11(16)5-3-10/h2-8H,9H2,1H3,(H,17,20). The second-order valence-electron chi connectivity index (χ2n) is 4.53. The molecule has 0 fully saturated rings. The lowest BCUT2D eigenvalue weighted by Gasteiger charge is -2.05. The van der Waals surface area contributed by atoms with E-state index >= 15 is 0 Å². The summed E-state index contributed by atoms with van der Waals surface area (Å²) >= 11 is 8.86. The lowest BCUT2D eigenvalue weighted by molar-refractivity contribution is 0.415. The Bertz CT molecular complexity index is 805. The molecule has 1 heterocycles. The van der Waals surface area contributed by atoms with Gasteiger partial charge in [-0.25, -0.2) is 0 Å². The Morgan fingerprint density at radius 3 is 2.65 bits per heavy atom. The zero-order chi connectivity index (χ0) is 14.1. The lowest BCUT2D eigenvalue weighted by atomic mass is 10.2. The molecule has 0 amide bonds. The van der Waals surface area contributed by atoms with Gasteiger partial charge in [0, 0.05) is 10.5 Å². The fraction of sp³-hybridized carbons (Fsp3) is 0.133. The van der Waals surface area contributed by atoms with Gasteiger partial charge in [-0.3, -0.25) is 0 Å². The topological polar surface area (TPSA) is 29.9 Å². The van der Waals surface area contributed by atoms with E-state index in [1.165, 1.54) is 5.56 Å². The zero-order valence-corrected chi connectivity index (χ0v) is 13.3. The van der Waals surface area contributed by atoms with Gasteiger partial charge < -0.3 is 14.3 Å². The quantitative estimate of drug-likeness (QED) is 0.705. The fourth-order valence-corrected chi connectivity index (χ4v) is 2.74. The summed E-state index contributed by atoms with van der Waals surface area (Å²) in [7, 11) is 1.66. The summed E-state index contributed by atoms with van der Waals surface area (Å²) in [5.74, 6) is 0.824. The first kappa shape index (κ1) is 13.4. The zero-order valence-electron chi connectivity index (χ0n) is 10.9. The molecule has 3 rings (SSSR count). The van der Waals surface area contributed by atoms with Crippen molar-refractivity contribution in [2.24, 2.45) is 0 Å². The molecule has 0 aliphatic heterocycles. The smallest absolute Gasteiger partial charge is 0.178 e. The highest BCUT2D eigenvalue weighted by atomic mass is 79.9. The Hall–Kier alpha value is -1.59. The third-order valence-corrected chi connectivity index (χ3v) is 4.09. The number of hydrogen-bond donors (Lipinski definition) is 1. The second kappa shape index (κ2) is 5.42. The molecule has 0 atom stereocenters. The SMILES string of the molecule is COc1ccc2c(c1)[nH]c(=S)n2Cc1ccc(Br)cc1. The van der Waals surface area contributed by atoms with Crippen LogP contribution in [0.2, 0.25) is 0 Å². The molecule has 0 aliphatic carbocycles. The third kappa shape index (κ3) is 2.51. The summed E-state index contributed by atoms with van der Waals surface area (Å²) in [6.07, 6.45) is 0. The van der Waals surface area contributed by atoms with Crippen LogP contribution in [0.4, 0.5) is 0 Å². The van der Waals surface area contributed by atoms with E-state index in [2.05, 4.69) is 37.6 Å². The van der Waals surface area contributed by atoms with Crippen LogP contribution in [0.1, 0.15) is 5.56 Å². The van der Waals surface area contributed by atoms with Crippen molar-refractivity contribution in [1.82, 2.24) is 9.55 Å². The fourth-order valence-electron chi connectivity index (χ4n) is 2.20. The number of hydrogen-bond acceptors (Lipinski definition) is 2. The summed E-state index contributed by atoms with van der Waals surface area (Å²) in [6.45, 7) is 0.748. The molecule has 20 heavy (non-hydrogen) atoms. The first-order chi connectivity index (χ1) is 9.67. The minimum Gasteiger partial charge on any atom is -0.497 e. The van der Waals surface area contributed by atoms with Crippen LogP contribution in [0.25, 0.3) is 11.0 Å². The number of halogens is 1. The van der Waals surface area contributed by atoms with Crippen LogP contribution < -0.4 is 4.74 Å². The number of aromatic amines is 1. The summed E-state index contributed by atoms with van der Waals surface area (Å²) in [5, 5.41) is 0. The Labute approximate surface area is 130 Å². The number of fused-ring (bicyclic) bond motifs is 1. The van der Waals surface area contributed by atoms with Crippen LogP contribution in [0.15, 0.2) is 46.9 Å². The highest BCUT2D eigenvalue weighted by molar-refractivity contribution is 9.10. The third-order valence-electron chi connectivity index (χ3n) is 3.24. The number of benzene rings is 2. The van der Waals surface area contributed by atoms with Crippen molar-refractivity contribution in [3.63, 3.8) is 0 Å². The van der Waals surface area contributed by atoms with E-state index in [0.29, 0.717) is 0 Å². The molecule has 3 aromatic rings. The van der Waals surface area contributed by atoms with Crippen molar-refractivity contribution < 1.29 is 4.74 Å².